The average molecular weight is 409 g/mol. The zero-order valence-corrected chi connectivity index (χ0v) is 16.4. The third kappa shape index (κ3) is 6.69. The van der Waals surface area contributed by atoms with Gasteiger partial charge in [0.05, 0.1) is 22.1 Å². The van der Waals surface area contributed by atoms with Crippen LogP contribution >= 0.6 is 11.6 Å². The van der Waals surface area contributed by atoms with Gasteiger partial charge in [-0.3, -0.25) is 9.59 Å². The summed E-state index contributed by atoms with van der Waals surface area (Å²) in [6.45, 7) is 1.49. The highest BCUT2D eigenvalue weighted by Crippen LogP contribution is 2.14. The van der Waals surface area contributed by atoms with Gasteiger partial charge in [-0.15, -0.1) is 0 Å². The molecule has 8 heteroatoms. The average Bonchev–Trinajstić information content (AvgIpc) is 2.62. The van der Waals surface area contributed by atoms with Gasteiger partial charge in [0.25, 0.3) is 5.91 Å². The first-order valence-electron chi connectivity index (χ1n) is 8.36. The van der Waals surface area contributed by atoms with E-state index in [0.717, 1.165) is 0 Å². The molecule has 0 bridgehead atoms. The zero-order chi connectivity index (χ0) is 19.9. The maximum absolute atomic E-state index is 12.1. The van der Waals surface area contributed by atoms with Crippen LogP contribution in [0, 0.1) is 0 Å². The number of amides is 2. The maximum Gasteiger partial charge on any atom is 0.253 e. The Morgan fingerprint density at radius 1 is 1.04 bits per heavy atom. The summed E-state index contributed by atoms with van der Waals surface area (Å²) in [4.78, 5) is 24.2. The van der Waals surface area contributed by atoms with Crippen LogP contribution in [0.4, 0.5) is 0 Å². The lowest BCUT2D eigenvalue weighted by molar-refractivity contribution is -0.122. The molecule has 0 aliphatic heterocycles. The van der Waals surface area contributed by atoms with Crippen LogP contribution in [0.3, 0.4) is 0 Å². The van der Waals surface area contributed by atoms with E-state index in [1.54, 1.807) is 48.5 Å². The second-order valence-electron chi connectivity index (χ2n) is 6.04. The normalized spacial score (nSPS) is 12.2. The van der Waals surface area contributed by atoms with E-state index in [2.05, 4.69) is 10.6 Å². The van der Waals surface area contributed by atoms with E-state index in [0.29, 0.717) is 5.56 Å². The lowest BCUT2D eigenvalue weighted by Crippen LogP contribution is -2.45. The molecule has 2 amide bonds. The number of nitrogens with one attached hydrogen (secondary N) is 2. The van der Waals surface area contributed by atoms with Crippen LogP contribution in [0.1, 0.15) is 22.8 Å². The molecule has 27 heavy (non-hydrogen) atoms. The van der Waals surface area contributed by atoms with E-state index in [-0.39, 0.29) is 28.6 Å². The molecule has 6 nitrogen and oxygen atoms in total. The second kappa shape index (κ2) is 9.53. The molecule has 0 fully saturated rings. The monoisotopic (exact) mass is 408 g/mol. The van der Waals surface area contributed by atoms with Gasteiger partial charge < -0.3 is 10.6 Å². The minimum Gasteiger partial charge on any atom is -0.353 e. The Bertz CT molecular complexity index is 901. The van der Waals surface area contributed by atoms with Gasteiger partial charge >= 0.3 is 0 Å². The Hall–Kier alpha value is -2.38. The Kier molecular flexibility index (Phi) is 7.38. The van der Waals surface area contributed by atoms with E-state index in [1.165, 1.54) is 6.92 Å². The first-order chi connectivity index (χ1) is 12.8. The highest BCUT2D eigenvalue weighted by Gasteiger charge is 2.19. The van der Waals surface area contributed by atoms with Crippen LogP contribution in [0.5, 0.6) is 0 Å². The Morgan fingerprint density at radius 2 is 1.67 bits per heavy atom. The number of halogens is 1. The lowest BCUT2D eigenvalue weighted by Gasteiger charge is -2.14. The van der Waals surface area contributed by atoms with Crippen LogP contribution < -0.4 is 10.6 Å². The fourth-order valence-electron chi connectivity index (χ4n) is 2.37. The molecule has 0 heterocycles. The minimum atomic E-state index is -3.35. The smallest absolute Gasteiger partial charge is 0.253 e. The minimum absolute atomic E-state index is 0.0275. The Morgan fingerprint density at radius 3 is 2.33 bits per heavy atom. The summed E-state index contributed by atoms with van der Waals surface area (Å²) in [6.07, 6.45) is 0. The van der Waals surface area contributed by atoms with E-state index in [4.69, 9.17) is 11.6 Å². The molecule has 0 aliphatic rings. The summed E-state index contributed by atoms with van der Waals surface area (Å²) in [5.74, 6) is -1.20. The molecule has 1 unspecified atom stereocenters. The standard InChI is InChI=1S/C19H21ClN2O4S/c1-14(22-19(24)16-9-5-6-10-17(16)20)18(23)21-11-12-27(25,26)13-15-7-3-2-4-8-15/h2-10,14H,11-13H2,1H3,(H,21,23)(H,22,24). The van der Waals surface area contributed by atoms with E-state index in [9.17, 15) is 18.0 Å². The van der Waals surface area contributed by atoms with E-state index < -0.39 is 27.7 Å². The van der Waals surface area contributed by atoms with Crippen LogP contribution in [0.2, 0.25) is 5.02 Å². The summed E-state index contributed by atoms with van der Waals surface area (Å²) in [6, 6.07) is 14.5. The van der Waals surface area contributed by atoms with Crippen LogP contribution in [0.15, 0.2) is 54.6 Å². The van der Waals surface area contributed by atoms with Crippen molar-refractivity contribution in [2.24, 2.45) is 0 Å². The molecular formula is C19H21ClN2O4S. The number of hydrogen-bond donors (Lipinski definition) is 2. The van der Waals surface area contributed by atoms with Crippen LogP contribution in [0.25, 0.3) is 0 Å². The van der Waals surface area contributed by atoms with Crippen molar-refractivity contribution in [1.29, 1.82) is 0 Å². The highest BCUT2D eigenvalue weighted by molar-refractivity contribution is 7.90. The van der Waals surface area contributed by atoms with Gasteiger partial charge in [-0.25, -0.2) is 8.42 Å². The molecule has 2 N–H and O–H groups in total. The fourth-order valence-corrected chi connectivity index (χ4v) is 3.85. The lowest BCUT2D eigenvalue weighted by atomic mass is 10.2. The molecule has 0 spiro atoms. The van der Waals surface area contributed by atoms with Gasteiger partial charge in [0.15, 0.2) is 9.84 Å². The van der Waals surface area contributed by atoms with E-state index >= 15 is 0 Å². The van der Waals surface area contributed by atoms with Crippen molar-refractivity contribution in [3.05, 3.63) is 70.7 Å². The fraction of sp³-hybridized carbons (Fsp3) is 0.263. The maximum atomic E-state index is 12.1. The molecule has 0 saturated carbocycles. The molecule has 144 valence electrons. The van der Waals surface area contributed by atoms with Crippen molar-refractivity contribution < 1.29 is 18.0 Å². The number of benzene rings is 2. The number of rotatable bonds is 8. The molecule has 2 aromatic carbocycles. The number of sulfone groups is 1. The van der Waals surface area contributed by atoms with Gasteiger partial charge in [-0.2, -0.15) is 0 Å². The third-order valence-corrected chi connectivity index (χ3v) is 5.73. The summed E-state index contributed by atoms with van der Waals surface area (Å²) in [5.41, 5.74) is 0.966. The molecule has 2 aromatic rings. The molecule has 2 rings (SSSR count). The number of carbonyl (C=O) groups excluding carboxylic acids is 2. The van der Waals surface area contributed by atoms with Gasteiger partial charge in [0, 0.05) is 6.54 Å². The molecule has 1 atom stereocenters. The SMILES string of the molecule is CC(NC(=O)c1ccccc1Cl)C(=O)NCCS(=O)(=O)Cc1ccccc1. The van der Waals surface area contributed by atoms with Gasteiger partial charge in [-0.05, 0) is 24.6 Å². The van der Waals surface area contributed by atoms with E-state index in [1.807, 2.05) is 6.07 Å². The molecule has 0 saturated heterocycles. The van der Waals surface area contributed by atoms with Gasteiger partial charge in [0.1, 0.15) is 6.04 Å². The third-order valence-electron chi connectivity index (χ3n) is 3.80. The van der Waals surface area contributed by atoms with Gasteiger partial charge in [0.2, 0.25) is 5.91 Å². The molecule has 0 radical (unpaired) electrons. The first-order valence-corrected chi connectivity index (χ1v) is 10.6. The molecule has 0 aromatic heterocycles. The van der Waals surface area contributed by atoms with Crippen LogP contribution in [-0.2, 0) is 20.4 Å². The first kappa shape index (κ1) is 20.9. The Labute approximate surface area is 163 Å². The second-order valence-corrected chi connectivity index (χ2v) is 8.63. The van der Waals surface area contributed by atoms with Crippen molar-refractivity contribution >= 4 is 33.3 Å². The van der Waals surface area contributed by atoms with Crippen molar-refractivity contribution in [3.63, 3.8) is 0 Å². The topological polar surface area (TPSA) is 92.3 Å². The highest BCUT2D eigenvalue weighted by atomic mass is 35.5. The van der Waals surface area contributed by atoms with Gasteiger partial charge in [-0.1, -0.05) is 54.1 Å². The molecular weight excluding hydrogens is 388 g/mol. The van der Waals surface area contributed by atoms with Crippen LogP contribution in [-0.4, -0.2) is 38.6 Å². The molecule has 0 aliphatic carbocycles. The van der Waals surface area contributed by atoms with Crippen molar-refractivity contribution in [2.75, 3.05) is 12.3 Å². The van der Waals surface area contributed by atoms with Crippen molar-refractivity contribution in [2.45, 2.75) is 18.7 Å². The quantitative estimate of drug-likeness (QED) is 0.700. The Balaban J connectivity index is 1.81. The zero-order valence-electron chi connectivity index (χ0n) is 14.8. The summed E-state index contributed by atoms with van der Waals surface area (Å²) >= 11 is 5.95. The van der Waals surface area contributed by atoms with Crippen molar-refractivity contribution in [1.82, 2.24) is 10.6 Å². The summed E-state index contributed by atoms with van der Waals surface area (Å²) in [5, 5.41) is 5.36. The largest absolute Gasteiger partial charge is 0.353 e. The summed E-state index contributed by atoms with van der Waals surface area (Å²) < 4.78 is 24.2. The van der Waals surface area contributed by atoms with Crippen molar-refractivity contribution in [3.8, 4) is 0 Å². The summed E-state index contributed by atoms with van der Waals surface area (Å²) in [7, 11) is -3.35. The number of hydrogen-bond acceptors (Lipinski definition) is 4. The predicted molar refractivity (Wildman–Crippen MR) is 105 cm³/mol. The predicted octanol–water partition coefficient (Wildman–Crippen LogP) is 2.19. The number of carbonyl (C=O) groups is 2.